The van der Waals surface area contributed by atoms with Crippen molar-refractivity contribution in [1.29, 1.82) is 0 Å². The molecule has 2 rings (SSSR count). The van der Waals surface area contributed by atoms with Crippen molar-refractivity contribution in [2.24, 2.45) is 0 Å². The highest BCUT2D eigenvalue weighted by molar-refractivity contribution is 5.96. The standard InChI is InChI=1S/C19H19NO4/c1-14(21)17-10-9-15(12-18(17)22)8-5-11-20-19(23)24-13-16-6-3-2-4-7-16/h2-10,12,22H,11,13H2,1H3,(H,20,23). The topological polar surface area (TPSA) is 75.6 Å². The maximum absolute atomic E-state index is 11.6. The van der Waals surface area contributed by atoms with Crippen LogP contribution in [0.25, 0.3) is 6.08 Å². The van der Waals surface area contributed by atoms with Crippen LogP contribution in [0.3, 0.4) is 0 Å². The molecule has 2 aromatic rings. The van der Waals surface area contributed by atoms with Gasteiger partial charge in [0.05, 0.1) is 5.56 Å². The zero-order valence-electron chi connectivity index (χ0n) is 13.4. The Balaban J connectivity index is 1.77. The van der Waals surface area contributed by atoms with Crippen LogP contribution in [-0.4, -0.2) is 23.5 Å². The van der Waals surface area contributed by atoms with E-state index in [0.29, 0.717) is 6.54 Å². The Bertz CT molecular complexity index is 738. The van der Waals surface area contributed by atoms with Gasteiger partial charge in [0.15, 0.2) is 5.78 Å². The second-order valence-corrected chi connectivity index (χ2v) is 5.18. The third kappa shape index (κ3) is 5.28. The largest absolute Gasteiger partial charge is 0.507 e. The van der Waals surface area contributed by atoms with Gasteiger partial charge in [0, 0.05) is 6.54 Å². The molecule has 1 amide bonds. The Hall–Kier alpha value is -3.08. The molecule has 0 unspecified atom stereocenters. The number of carbonyl (C=O) groups is 2. The number of carbonyl (C=O) groups excluding carboxylic acids is 2. The minimum atomic E-state index is -0.502. The Labute approximate surface area is 140 Å². The number of rotatable bonds is 6. The number of aromatic hydroxyl groups is 1. The van der Waals surface area contributed by atoms with E-state index in [1.807, 2.05) is 30.3 Å². The third-order valence-electron chi connectivity index (χ3n) is 3.29. The van der Waals surface area contributed by atoms with Crippen molar-refractivity contribution in [3.63, 3.8) is 0 Å². The summed E-state index contributed by atoms with van der Waals surface area (Å²) in [6, 6.07) is 14.2. The molecule has 2 aromatic carbocycles. The summed E-state index contributed by atoms with van der Waals surface area (Å²) in [4.78, 5) is 22.8. The quantitative estimate of drug-likeness (QED) is 0.797. The first-order chi connectivity index (χ1) is 11.6. The fourth-order valence-electron chi connectivity index (χ4n) is 2.06. The summed E-state index contributed by atoms with van der Waals surface area (Å²) < 4.78 is 5.08. The predicted octanol–water partition coefficient (Wildman–Crippen LogP) is 3.53. The summed E-state index contributed by atoms with van der Waals surface area (Å²) in [6.45, 7) is 1.91. The second-order valence-electron chi connectivity index (χ2n) is 5.18. The smallest absolute Gasteiger partial charge is 0.407 e. The van der Waals surface area contributed by atoms with Crippen LogP contribution in [0.4, 0.5) is 4.79 Å². The number of alkyl carbamates (subject to hydrolysis) is 1. The maximum Gasteiger partial charge on any atom is 0.407 e. The summed E-state index contributed by atoms with van der Waals surface area (Å²) in [7, 11) is 0. The second kappa shape index (κ2) is 8.53. The summed E-state index contributed by atoms with van der Waals surface area (Å²) in [5, 5.41) is 12.3. The van der Waals surface area contributed by atoms with Crippen molar-refractivity contribution in [1.82, 2.24) is 5.32 Å². The third-order valence-corrected chi connectivity index (χ3v) is 3.29. The van der Waals surface area contributed by atoms with E-state index in [0.717, 1.165) is 11.1 Å². The average Bonchev–Trinajstić information content (AvgIpc) is 2.57. The highest BCUT2D eigenvalue weighted by atomic mass is 16.5. The normalized spacial score (nSPS) is 10.5. The highest BCUT2D eigenvalue weighted by Gasteiger charge is 2.05. The molecule has 0 aliphatic heterocycles. The van der Waals surface area contributed by atoms with E-state index in [1.165, 1.54) is 13.0 Å². The molecular weight excluding hydrogens is 306 g/mol. The van der Waals surface area contributed by atoms with Gasteiger partial charge in [0.1, 0.15) is 12.4 Å². The van der Waals surface area contributed by atoms with Gasteiger partial charge in [0.25, 0.3) is 0 Å². The molecule has 124 valence electrons. The van der Waals surface area contributed by atoms with Gasteiger partial charge in [-0.15, -0.1) is 0 Å². The number of Topliss-reactive ketones (excluding diaryl/α,β-unsaturated/α-hetero) is 1. The minimum absolute atomic E-state index is 0.0557. The zero-order chi connectivity index (χ0) is 17.4. The van der Waals surface area contributed by atoms with Gasteiger partial charge in [-0.3, -0.25) is 4.79 Å². The number of ether oxygens (including phenoxy) is 1. The molecule has 2 N–H and O–H groups in total. The lowest BCUT2D eigenvalue weighted by Gasteiger charge is -2.05. The molecule has 0 saturated carbocycles. The van der Waals surface area contributed by atoms with Crippen molar-refractivity contribution >= 4 is 18.0 Å². The zero-order valence-corrected chi connectivity index (χ0v) is 13.4. The number of benzene rings is 2. The van der Waals surface area contributed by atoms with Crippen molar-refractivity contribution < 1.29 is 19.4 Å². The van der Waals surface area contributed by atoms with E-state index >= 15 is 0 Å². The molecule has 0 bridgehead atoms. The summed E-state index contributed by atoms with van der Waals surface area (Å²) >= 11 is 0. The molecule has 0 heterocycles. The molecule has 0 fully saturated rings. The molecule has 0 aromatic heterocycles. The molecule has 5 nitrogen and oxygen atoms in total. The van der Waals surface area contributed by atoms with Crippen LogP contribution in [0.5, 0.6) is 5.75 Å². The van der Waals surface area contributed by atoms with E-state index < -0.39 is 6.09 Å². The molecule has 0 spiro atoms. The van der Waals surface area contributed by atoms with E-state index in [1.54, 1.807) is 24.3 Å². The van der Waals surface area contributed by atoms with Crippen LogP contribution < -0.4 is 5.32 Å². The summed E-state index contributed by atoms with van der Waals surface area (Å²) in [5.74, 6) is -0.245. The first-order valence-corrected chi connectivity index (χ1v) is 7.51. The number of ketones is 1. The lowest BCUT2D eigenvalue weighted by atomic mass is 10.1. The lowest BCUT2D eigenvalue weighted by Crippen LogP contribution is -2.24. The Kier molecular flexibility index (Phi) is 6.14. The molecule has 0 atom stereocenters. The van der Waals surface area contributed by atoms with Crippen LogP contribution in [0.2, 0.25) is 0 Å². The number of amides is 1. The monoisotopic (exact) mass is 325 g/mol. The molecule has 24 heavy (non-hydrogen) atoms. The van der Waals surface area contributed by atoms with Gasteiger partial charge in [-0.1, -0.05) is 48.6 Å². The fraction of sp³-hybridized carbons (Fsp3) is 0.158. The van der Waals surface area contributed by atoms with Crippen LogP contribution in [-0.2, 0) is 11.3 Å². The van der Waals surface area contributed by atoms with Crippen molar-refractivity contribution in [3.8, 4) is 5.75 Å². The molecule has 0 aliphatic carbocycles. The van der Waals surface area contributed by atoms with Crippen molar-refractivity contribution in [3.05, 3.63) is 71.3 Å². The Morgan fingerprint density at radius 2 is 1.92 bits per heavy atom. The van der Waals surface area contributed by atoms with E-state index in [9.17, 15) is 14.7 Å². The van der Waals surface area contributed by atoms with Gasteiger partial charge in [-0.05, 0) is 30.2 Å². The van der Waals surface area contributed by atoms with Gasteiger partial charge in [-0.25, -0.2) is 4.79 Å². The molecule has 0 radical (unpaired) electrons. The number of hydrogen-bond acceptors (Lipinski definition) is 4. The van der Waals surface area contributed by atoms with Crippen molar-refractivity contribution in [2.45, 2.75) is 13.5 Å². The highest BCUT2D eigenvalue weighted by Crippen LogP contribution is 2.19. The summed E-state index contributed by atoms with van der Waals surface area (Å²) in [5.41, 5.74) is 1.94. The van der Waals surface area contributed by atoms with Gasteiger partial charge in [0.2, 0.25) is 0 Å². The van der Waals surface area contributed by atoms with Crippen LogP contribution in [0.1, 0.15) is 28.4 Å². The fourth-order valence-corrected chi connectivity index (χ4v) is 2.06. The first-order valence-electron chi connectivity index (χ1n) is 7.51. The predicted molar refractivity (Wildman–Crippen MR) is 91.8 cm³/mol. The summed E-state index contributed by atoms with van der Waals surface area (Å²) in [6.07, 6.45) is 2.96. The molecule has 5 heteroatoms. The first kappa shape index (κ1) is 17.3. The SMILES string of the molecule is CC(=O)c1ccc(C=CCNC(=O)OCc2ccccc2)cc1O. The average molecular weight is 325 g/mol. The number of phenolic OH excluding ortho intramolecular Hbond substituents is 1. The van der Waals surface area contributed by atoms with Gasteiger partial charge >= 0.3 is 6.09 Å². The van der Waals surface area contributed by atoms with Crippen molar-refractivity contribution in [2.75, 3.05) is 6.54 Å². The van der Waals surface area contributed by atoms with E-state index in [2.05, 4.69) is 5.32 Å². The van der Waals surface area contributed by atoms with Crippen LogP contribution >= 0.6 is 0 Å². The van der Waals surface area contributed by atoms with Gasteiger partial charge in [-0.2, -0.15) is 0 Å². The minimum Gasteiger partial charge on any atom is -0.507 e. The van der Waals surface area contributed by atoms with E-state index in [4.69, 9.17) is 4.74 Å². The van der Waals surface area contributed by atoms with Gasteiger partial charge < -0.3 is 15.2 Å². The number of phenols is 1. The number of nitrogens with one attached hydrogen (secondary N) is 1. The lowest BCUT2D eigenvalue weighted by molar-refractivity contribution is 0.101. The number of hydrogen-bond donors (Lipinski definition) is 2. The maximum atomic E-state index is 11.6. The van der Waals surface area contributed by atoms with Crippen LogP contribution in [0, 0.1) is 0 Å². The van der Waals surface area contributed by atoms with E-state index in [-0.39, 0.29) is 23.7 Å². The molecule has 0 aliphatic rings. The molecule has 0 saturated heterocycles. The molecular formula is C19H19NO4. The van der Waals surface area contributed by atoms with Crippen LogP contribution in [0.15, 0.2) is 54.6 Å². The Morgan fingerprint density at radius 1 is 1.17 bits per heavy atom. The Morgan fingerprint density at radius 3 is 2.58 bits per heavy atom.